The Morgan fingerprint density at radius 3 is 2.27 bits per heavy atom. The molecule has 1 aliphatic heterocycles. The van der Waals surface area contributed by atoms with Crippen LogP contribution in [-0.4, -0.2) is 40.1 Å². The molecule has 11 heteroatoms. The lowest BCUT2D eigenvalue weighted by molar-refractivity contribution is -0.137. The van der Waals surface area contributed by atoms with Gasteiger partial charge in [0.15, 0.2) is 0 Å². The number of hydrogen-bond donors (Lipinski definition) is 2. The molecular formula is C34H32F3N5O3. The number of nitrogens with zero attached hydrogens (tertiary/aromatic N) is 3. The van der Waals surface area contributed by atoms with Gasteiger partial charge in [-0.15, -0.1) is 0 Å². The molecule has 45 heavy (non-hydrogen) atoms. The summed E-state index contributed by atoms with van der Waals surface area (Å²) in [5.74, 6) is -0.365. The van der Waals surface area contributed by atoms with Crippen molar-refractivity contribution in [2.24, 2.45) is 0 Å². The lowest BCUT2D eigenvalue weighted by Gasteiger charge is -2.32. The SMILES string of the molecule is CCN1C(=O)C(NC(=O)c2cccc(C(F)(F)F)c2)Cc2cnn(-c3ccccc3)c21.O=C(NCc1ccccc1)C1=CCC1. The van der Waals surface area contributed by atoms with E-state index in [1.54, 1.807) is 17.8 Å². The average molecular weight is 616 g/mol. The van der Waals surface area contributed by atoms with Crippen LogP contribution in [-0.2, 0) is 28.7 Å². The molecule has 3 aromatic carbocycles. The van der Waals surface area contributed by atoms with Crippen molar-refractivity contribution in [2.45, 2.75) is 44.9 Å². The van der Waals surface area contributed by atoms with E-state index in [1.807, 2.05) is 66.7 Å². The minimum atomic E-state index is -4.56. The van der Waals surface area contributed by atoms with Crippen LogP contribution in [0.3, 0.4) is 0 Å². The highest BCUT2D eigenvalue weighted by molar-refractivity contribution is 6.04. The standard InChI is InChI=1S/C22H19F3N4O2.C12H13NO/c1-2-28-20-15(13-26-29(20)17-9-4-3-5-10-17)12-18(21(28)31)27-19(30)14-7-6-8-16(11-14)22(23,24)25;14-12(11-7-4-8-11)13-9-10-5-2-1-3-6-10/h3-11,13,18H,2,12H2,1H3,(H,27,30);1-3,5-7H,4,8-9H2,(H,13,14). The second-order valence-corrected chi connectivity index (χ2v) is 10.6. The van der Waals surface area contributed by atoms with Gasteiger partial charge in [0.25, 0.3) is 11.8 Å². The van der Waals surface area contributed by atoms with Crippen molar-refractivity contribution in [3.05, 3.63) is 125 Å². The minimum absolute atomic E-state index is 0.0834. The van der Waals surface area contributed by atoms with Crippen molar-refractivity contribution < 1.29 is 27.6 Å². The van der Waals surface area contributed by atoms with Crippen LogP contribution in [0, 0.1) is 0 Å². The number of aromatic nitrogens is 2. The van der Waals surface area contributed by atoms with E-state index in [0.29, 0.717) is 18.9 Å². The van der Waals surface area contributed by atoms with Gasteiger partial charge in [-0.05, 0) is 55.7 Å². The zero-order valence-electron chi connectivity index (χ0n) is 24.6. The number of carbonyl (C=O) groups is 3. The average Bonchev–Trinajstić information content (AvgIpc) is 3.44. The largest absolute Gasteiger partial charge is 0.416 e. The predicted molar refractivity (Wildman–Crippen MR) is 164 cm³/mol. The van der Waals surface area contributed by atoms with E-state index >= 15 is 0 Å². The van der Waals surface area contributed by atoms with Gasteiger partial charge in [0, 0.05) is 36.2 Å². The van der Waals surface area contributed by atoms with Gasteiger partial charge in [0.1, 0.15) is 11.9 Å². The summed E-state index contributed by atoms with van der Waals surface area (Å²) in [7, 11) is 0. The van der Waals surface area contributed by atoms with Gasteiger partial charge in [-0.25, -0.2) is 4.68 Å². The zero-order valence-corrected chi connectivity index (χ0v) is 24.6. The lowest BCUT2D eigenvalue weighted by Crippen LogP contribution is -2.53. The Kier molecular flexibility index (Phi) is 9.46. The molecule has 2 heterocycles. The Morgan fingerprint density at radius 1 is 0.956 bits per heavy atom. The fourth-order valence-corrected chi connectivity index (χ4v) is 5.05. The summed E-state index contributed by atoms with van der Waals surface area (Å²) in [4.78, 5) is 38.6. The molecule has 1 aliphatic carbocycles. The number of halogens is 3. The quantitative estimate of drug-likeness (QED) is 0.282. The third kappa shape index (κ3) is 7.31. The predicted octanol–water partition coefficient (Wildman–Crippen LogP) is 5.62. The number of carbonyl (C=O) groups excluding carboxylic acids is 3. The van der Waals surface area contributed by atoms with Gasteiger partial charge in [0.2, 0.25) is 5.91 Å². The fourth-order valence-electron chi connectivity index (χ4n) is 5.05. The smallest absolute Gasteiger partial charge is 0.348 e. The van der Waals surface area contributed by atoms with Crippen LogP contribution < -0.4 is 15.5 Å². The maximum atomic E-state index is 13.1. The highest BCUT2D eigenvalue weighted by Crippen LogP contribution is 2.31. The number of rotatable bonds is 7. The molecule has 2 N–H and O–H groups in total. The van der Waals surface area contributed by atoms with Crippen LogP contribution in [0.15, 0.2) is 103 Å². The van der Waals surface area contributed by atoms with Crippen LogP contribution in [0.5, 0.6) is 0 Å². The molecule has 1 unspecified atom stereocenters. The Balaban J connectivity index is 0.000000238. The second kappa shape index (κ2) is 13.6. The summed E-state index contributed by atoms with van der Waals surface area (Å²) in [6, 6.07) is 22.5. The van der Waals surface area contributed by atoms with Crippen molar-refractivity contribution in [1.29, 1.82) is 0 Å². The number of likely N-dealkylation sites (N-methyl/N-ethyl adjacent to an activating group) is 1. The van der Waals surface area contributed by atoms with Gasteiger partial charge >= 0.3 is 6.18 Å². The van der Waals surface area contributed by atoms with E-state index in [-0.39, 0.29) is 23.8 Å². The highest BCUT2D eigenvalue weighted by Gasteiger charge is 2.37. The minimum Gasteiger partial charge on any atom is -0.348 e. The lowest BCUT2D eigenvalue weighted by atomic mass is 9.98. The third-order valence-electron chi connectivity index (χ3n) is 7.53. The first-order chi connectivity index (χ1) is 21.7. The number of fused-ring (bicyclic) bond motifs is 1. The molecule has 0 saturated carbocycles. The molecule has 0 spiro atoms. The molecule has 3 amide bonds. The van der Waals surface area contributed by atoms with E-state index in [4.69, 9.17) is 0 Å². The molecular weight excluding hydrogens is 583 g/mol. The van der Waals surface area contributed by atoms with Crippen molar-refractivity contribution in [2.75, 3.05) is 11.4 Å². The maximum absolute atomic E-state index is 13.1. The molecule has 0 fully saturated rings. The van der Waals surface area contributed by atoms with Gasteiger partial charge in [-0.2, -0.15) is 18.3 Å². The molecule has 0 radical (unpaired) electrons. The molecule has 232 valence electrons. The first-order valence-electron chi connectivity index (χ1n) is 14.6. The topological polar surface area (TPSA) is 96.3 Å². The van der Waals surface area contributed by atoms with E-state index in [0.717, 1.165) is 47.4 Å². The monoisotopic (exact) mass is 615 g/mol. The van der Waals surface area contributed by atoms with Crippen LogP contribution in [0.4, 0.5) is 19.0 Å². The summed E-state index contributed by atoms with van der Waals surface area (Å²) >= 11 is 0. The fraction of sp³-hybridized carbons (Fsp3) is 0.235. The zero-order chi connectivity index (χ0) is 32.0. The van der Waals surface area contributed by atoms with Crippen molar-refractivity contribution in [1.82, 2.24) is 20.4 Å². The number of para-hydroxylation sites is 1. The van der Waals surface area contributed by atoms with Crippen LogP contribution in [0.25, 0.3) is 5.69 Å². The summed E-state index contributed by atoms with van der Waals surface area (Å²) in [6.45, 7) is 2.78. The summed E-state index contributed by atoms with van der Waals surface area (Å²) in [5.41, 5.74) is 2.55. The van der Waals surface area contributed by atoms with Crippen LogP contribution >= 0.6 is 0 Å². The Labute approximate surface area is 258 Å². The van der Waals surface area contributed by atoms with Crippen LogP contribution in [0.2, 0.25) is 0 Å². The maximum Gasteiger partial charge on any atom is 0.416 e. The van der Waals surface area contributed by atoms with Gasteiger partial charge in [0.05, 0.1) is 17.4 Å². The molecule has 4 aromatic rings. The summed E-state index contributed by atoms with van der Waals surface area (Å²) in [5, 5.41) is 9.87. The molecule has 6 rings (SSSR count). The molecule has 1 aromatic heterocycles. The molecule has 8 nitrogen and oxygen atoms in total. The van der Waals surface area contributed by atoms with Crippen molar-refractivity contribution in [3.63, 3.8) is 0 Å². The molecule has 0 saturated heterocycles. The van der Waals surface area contributed by atoms with Crippen molar-refractivity contribution in [3.8, 4) is 5.69 Å². The number of allylic oxidation sites excluding steroid dienone is 1. The Bertz CT molecular complexity index is 1700. The first-order valence-corrected chi connectivity index (χ1v) is 14.6. The number of hydrogen-bond acceptors (Lipinski definition) is 4. The Hall–Kier alpha value is -5.19. The molecule has 0 bridgehead atoms. The van der Waals surface area contributed by atoms with E-state index in [1.165, 1.54) is 17.0 Å². The van der Waals surface area contributed by atoms with E-state index in [2.05, 4.69) is 15.7 Å². The number of amides is 3. The first kappa shape index (κ1) is 31.2. The number of nitrogens with one attached hydrogen (secondary N) is 2. The van der Waals surface area contributed by atoms with Gasteiger partial charge < -0.3 is 10.6 Å². The van der Waals surface area contributed by atoms with Crippen LogP contribution in [0.1, 0.15) is 46.8 Å². The normalized spacial score (nSPS) is 15.6. The van der Waals surface area contributed by atoms with Gasteiger partial charge in [-0.1, -0.05) is 60.7 Å². The molecule has 1 atom stereocenters. The third-order valence-corrected chi connectivity index (χ3v) is 7.53. The molecule has 2 aliphatic rings. The summed E-state index contributed by atoms with van der Waals surface area (Å²) in [6.07, 6.45) is 1.25. The number of alkyl halides is 3. The highest BCUT2D eigenvalue weighted by atomic mass is 19.4. The Morgan fingerprint density at radius 2 is 1.64 bits per heavy atom. The van der Waals surface area contributed by atoms with E-state index < -0.39 is 23.7 Å². The van der Waals surface area contributed by atoms with Crippen molar-refractivity contribution >= 4 is 23.5 Å². The number of benzene rings is 3. The second-order valence-electron chi connectivity index (χ2n) is 10.6. The van der Waals surface area contributed by atoms with E-state index in [9.17, 15) is 27.6 Å². The summed E-state index contributed by atoms with van der Waals surface area (Å²) < 4.78 is 40.5. The number of anilines is 1. The van der Waals surface area contributed by atoms with Gasteiger partial charge in [-0.3, -0.25) is 19.3 Å².